The molecule has 0 unspecified atom stereocenters. The largest absolute Gasteiger partial charge is 0.435 e. The Morgan fingerprint density at radius 3 is 2.54 bits per heavy atom. The van der Waals surface area contributed by atoms with E-state index in [0.717, 1.165) is 12.3 Å². The fourth-order valence-corrected chi connectivity index (χ4v) is 0.933. The number of hydrogen-bond donors (Lipinski definition) is 2. The molecule has 3 nitrogen and oxygen atoms in total. The number of nitrogens with one attached hydrogen (secondary N) is 1. The Labute approximate surface area is 76.7 Å². The molecule has 13 heavy (non-hydrogen) atoms. The van der Waals surface area contributed by atoms with Crippen LogP contribution in [0.4, 0.5) is 18.9 Å². The summed E-state index contributed by atoms with van der Waals surface area (Å²) in [5, 5.41) is 0.0842. The zero-order valence-electron chi connectivity index (χ0n) is 6.19. The molecule has 7 heteroatoms. The van der Waals surface area contributed by atoms with Crippen molar-refractivity contribution in [2.75, 3.05) is 5.43 Å². The second-order valence-corrected chi connectivity index (χ2v) is 2.63. The van der Waals surface area contributed by atoms with E-state index >= 15 is 0 Å². The number of hydrogen-bond acceptors (Lipinski definition) is 3. The summed E-state index contributed by atoms with van der Waals surface area (Å²) in [5.41, 5.74) is 0.445. The highest BCUT2D eigenvalue weighted by Gasteiger charge is 2.35. The maximum Gasteiger partial charge on any atom is 0.435 e. The second-order valence-electron chi connectivity index (χ2n) is 2.19. The molecular formula is C6H5ClF3N3. The molecule has 1 heterocycles. The van der Waals surface area contributed by atoms with Crippen molar-refractivity contribution in [3.63, 3.8) is 0 Å². The molecule has 0 aromatic carbocycles. The maximum absolute atomic E-state index is 12.2. The molecule has 0 aliphatic heterocycles. The van der Waals surface area contributed by atoms with Crippen molar-refractivity contribution in [2.45, 2.75) is 6.18 Å². The van der Waals surface area contributed by atoms with Crippen molar-refractivity contribution >= 4 is 17.3 Å². The smallest absolute Gasteiger partial charge is 0.322 e. The summed E-state index contributed by atoms with van der Waals surface area (Å²) < 4.78 is 36.5. The van der Waals surface area contributed by atoms with E-state index in [1.807, 2.05) is 5.43 Å². The lowest BCUT2D eigenvalue weighted by molar-refractivity contribution is -0.140. The van der Waals surface area contributed by atoms with Gasteiger partial charge >= 0.3 is 6.18 Å². The topological polar surface area (TPSA) is 50.9 Å². The molecule has 3 N–H and O–H groups in total. The number of alkyl halides is 3. The standard InChI is InChI=1S/C6H5ClF3N3/c7-3-1-4(13-11)5(12-2-3)6(8,9)10/h1-2,13H,11H2. The number of aromatic nitrogens is 1. The van der Waals surface area contributed by atoms with Gasteiger partial charge in [0, 0.05) is 6.20 Å². The first-order chi connectivity index (χ1) is 5.95. The van der Waals surface area contributed by atoms with E-state index in [1.165, 1.54) is 0 Å². The van der Waals surface area contributed by atoms with Gasteiger partial charge in [0.2, 0.25) is 0 Å². The van der Waals surface area contributed by atoms with Gasteiger partial charge in [-0.05, 0) is 6.07 Å². The first-order valence-electron chi connectivity index (χ1n) is 3.14. The summed E-state index contributed by atoms with van der Waals surface area (Å²) in [7, 11) is 0. The zero-order valence-corrected chi connectivity index (χ0v) is 6.95. The Hall–Kier alpha value is -1.01. The fourth-order valence-electron chi connectivity index (χ4n) is 0.775. The lowest BCUT2D eigenvalue weighted by atomic mass is 10.3. The minimum Gasteiger partial charge on any atom is -0.322 e. The van der Waals surface area contributed by atoms with E-state index in [0.29, 0.717) is 0 Å². The van der Waals surface area contributed by atoms with Crippen molar-refractivity contribution in [3.8, 4) is 0 Å². The van der Waals surface area contributed by atoms with E-state index in [2.05, 4.69) is 4.98 Å². The average molecular weight is 212 g/mol. The second kappa shape index (κ2) is 3.39. The van der Waals surface area contributed by atoms with Gasteiger partial charge in [0.25, 0.3) is 0 Å². The molecule has 0 spiro atoms. The number of anilines is 1. The van der Waals surface area contributed by atoms with E-state index in [1.54, 1.807) is 0 Å². The van der Waals surface area contributed by atoms with Crippen LogP contribution in [0.3, 0.4) is 0 Å². The van der Waals surface area contributed by atoms with Crippen LogP contribution in [0.2, 0.25) is 5.02 Å². The highest BCUT2D eigenvalue weighted by molar-refractivity contribution is 6.30. The van der Waals surface area contributed by atoms with Gasteiger partial charge in [-0.1, -0.05) is 11.6 Å². The fraction of sp³-hybridized carbons (Fsp3) is 0.167. The van der Waals surface area contributed by atoms with Crippen LogP contribution >= 0.6 is 11.6 Å². The highest BCUT2D eigenvalue weighted by atomic mass is 35.5. The molecule has 1 aromatic heterocycles. The van der Waals surface area contributed by atoms with Crippen LogP contribution in [0, 0.1) is 0 Å². The van der Waals surface area contributed by atoms with Gasteiger partial charge in [0.1, 0.15) is 0 Å². The van der Waals surface area contributed by atoms with E-state index in [-0.39, 0.29) is 10.7 Å². The van der Waals surface area contributed by atoms with Crippen LogP contribution in [0.1, 0.15) is 5.69 Å². The first-order valence-corrected chi connectivity index (χ1v) is 3.52. The SMILES string of the molecule is NNc1cc(Cl)cnc1C(F)(F)F. The Kier molecular flexibility index (Phi) is 2.63. The number of hydrazine groups is 1. The predicted molar refractivity (Wildman–Crippen MR) is 42.1 cm³/mol. The molecule has 1 rings (SSSR count). The van der Waals surface area contributed by atoms with Gasteiger partial charge in [-0.25, -0.2) is 4.98 Å². The zero-order chi connectivity index (χ0) is 10.1. The van der Waals surface area contributed by atoms with Gasteiger partial charge in [0.05, 0.1) is 10.7 Å². The van der Waals surface area contributed by atoms with E-state index in [4.69, 9.17) is 17.4 Å². The molecule has 0 amide bonds. The molecule has 0 aliphatic rings. The monoisotopic (exact) mass is 211 g/mol. The number of pyridine rings is 1. The van der Waals surface area contributed by atoms with E-state index in [9.17, 15) is 13.2 Å². The minimum absolute atomic E-state index is 0.0842. The molecular weight excluding hydrogens is 207 g/mol. The Morgan fingerprint density at radius 1 is 1.46 bits per heavy atom. The van der Waals surface area contributed by atoms with Crippen LogP contribution < -0.4 is 11.3 Å². The lowest BCUT2D eigenvalue weighted by Gasteiger charge is -2.10. The number of halogens is 4. The summed E-state index contributed by atoms with van der Waals surface area (Å²) in [6, 6.07) is 1.05. The molecule has 0 fully saturated rings. The van der Waals surface area contributed by atoms with Gasteiger partial charge in [-0.2, -0.15) is 13.2 Å². The molecule has 0 saturated carbocycles. The summed E-state index contributed by atoms with van der Waals surface area (Å²) >= 11 is 5.42. The third kappa shape index (κ3) is 2.22. The molecule has 0 bridgehead atoms. The maximum atomic E-state index is 12.2. The van der Waals surface area contributed by atoms with E-state index < -0.39 is 11.9 Å². The van der Waals surface area contributed by atoms with Crippen LogP contribution in [-0.2, 0) is 6.18 Å². The Morgan fingerprint density at radius 2 is 2.08 bits per heavy atom. The predicted octanol–water partition coefficient (Wildman–Crippen LogP) is 2.04. The summed E-state index contributed by atoms with van der Waals surface area (Å²) in [4.78, 5) is 3.12. The van der Waals surface area contributed by atoms with Crippen LogP contribution in [-0.4, -0.2) is 4.98 Å². The molecule has 0 saturated heterocycles. The van der Waals surface area contributed by atoms with Gasteiger partial charge in [-0.15, -0.1) is 0 Å². The summed E-state index contributed by atoms with van der Waals surface area (Å²) in [5.74, 6) is 4.87. The third-order valence-electron chi connectivity index (χ3n) is 1.28. The Balaban J connectivity index is 3.22. The minimum atomic E-state index is -4.54. The lowest BCUT2D eigenvalue weighted by Crippen LogP contribution is -2.16. The van der Waals surface area contributed by atoms with Gasteiger partial charge in [-0.3, -0.25) is 5.84 Å². The normalized spacial score (nSPS) is 11.5. The quantitative estimate of drug-likeness (QED) is 0.552. The van der Waals surface area contributed by atoms with Crippen molar-refractivity contribution in [1.82, 2.24) is 4.98 Å². The van der Waals surface area contributed by atoms with Crippen LogP contribution in [0.25, 0.3) is 0 Å². The van der Waals surface area contributed by atoms with Crippen molar-refractivity contribution < 1.29 is 13.2 Å². The van der Waals surface area contributed by atoms with Crippen molar-refractivity contribution in [3.05, 3.63) is 23.0 Å². The van der Waals surface area contributed by atoms with Crippen LogP contribution in [0.5, 0.6) is 0 Å². The third-order valence-corrected chi connectivity index (χ3v) is 1.49. The highest BCUT2D eigenvalue weighted by Crippen LogP contribution is 2.33. The summed E-state index contributed by atoms with van der Waals surface area (Å²) in [6.07, 6.45) is -3.63. The molecule has 1 aromatic rings. The summed E-state index contributed by atoms with van der Waals surface area (Å²) in [6.45, 7) is 0. The first kappa shape index (κ1) is 10.1. The molecule has 72 valence electrons. The van der Waals surface area contributed by atoms with Gasteiger partial charge in [0.15, 0.2) is 5.69 Å². The van der Waals surface area contributed by atoms with Crippen LogP contribution in [0.15, 0.2) is 12.3 Å². The van der Waals surface area contributed by atoms with Crippen molar-refractivity contribution in [2.24, 2.45) is 5.84 Å². The molecule has 0 atom stereocenters. The van der Waals surface area contributed by atoms with Gasteiger partial charge < -0.3 is 5.43 Å². The number of nitrogens with zero attached hydrogens (tertiary/aromatic N) is 1. The van der Waals surface area contributed by atoms with Crippen molar-refractivity contribution in [1.29, 1.82) is 0 Å². The number of nitrogens with two attached hydrogens (primary N) is 1. The number of nitrogen functional groups attached to an aromatic ring is 1. The molecule has 0 radical (unpaired) electrons. The average Bonchev–Trinajstić information content (AvgIpc) is 2.01. The number of rotatable bonds is 1. The molecule has 0 aliphatic carbocycles. The Bertz CT molecular complexity index is 312.